The maximum absolute atomic E-state index is 10.9. The molecule has 2 aromatic rings. The van der Waals surface area contributed by atoms with Crippen molar-refractivity contribution in [3.05, 3.63) is 65.7 Å². The normalized spacial score (nSPS) is 11.9. The number of rotatable bonds is 7. The molecule has 4 heteroatoms. The van der Waals surface area contributed by atoms with Gasteiger partial charge in [-0.15, -0.1) is 0 Å². The molecule has 0 heterocycles. The molecule has 0 radical (unpaired) electrons. The van der Waals surface area contributed by atoms with Crippen molar-refractivity contribution < 1.29 is 4.79 Å². The van der Waals surface area contributed by atoms with Crippen molar-refractivity contribution in [2.75, 3.05) is 5.32 Å². The predicted molar refractivity (Wildman–Crippen MR) is 85.7 cm³/mol. The minimum Gasteiger partial charge on any atom is -0.381 e. The Bertz CT molecular complexity index is 566. The molecule has 0 saturated heterocycles. The van der Waals surface area contributed by atoms with Crippen LogP contribution in [0, 0.1) is 0 Å². The zero-order chi connectivity index (χ0) is 15.1. The Morgan fingerprint density at radius 3 is 2.14 bits per heavy atom. The van der Waals surface area contributed by atoms with Gasteiger partial charge in [-0.3, -0.25) is 4.79 Å². The first-order valence-corrected chi connectivity index (χ1v) is 7.04. The van der Waals surface area contributed by atoms with Gasteiger partial charge in [-0.05, 0) is 30.2 Å². The monoisotopic (exact) mass is 283 g/mol. The number of benzene rings is 2. The van der Waals surface area contributed by atoms with Gasteiger partial charge >= 0.3 is 0 Å². The van der Waals surface area contributed by atoms with Crippen molar-refractivity contribution >= 4 is 11.6 Å². The topological polar surface area (TPSA) is 67.2 Å². The largest absolute Gasteiger partial charge is 0.381 e. The zero-order valence-electron chi connectivity index (χ0n) is 12.2. The summed E-state index contributed by atoms with van der Waals surface area (Å²) in [6.45, 7) is 3.19. The van der Waals surface area contributed by atoms with E-state index < -0.39 is 0 Å². The number of nitrogens with one attached hydrogen (secondary N) is 2. The number of carbonyl (C=O) groups is 1. The van der Waals surface area contributed by atoms with Crippen LogP contribution < -0.4 is 16.4 Å². The zero-order valence-corrected chi connectivity index (χ0v) is 12.2. The van der Waals surface area contributed by atoms with Gasteiger partial charge in [-0.1, -0.05) is 42.5 Å². The summed E-state index contributed by atoms with van der Waals surface area (Å²) in [7, 11) is 0. The van der Waals surface area contributed by atoms with Crippen LogP contribution in [0.4, 0.5) is 5.69 Å². The fourth-order valence-corrected chi connectivity index (χ4v) is 1.91. The number of primary amides is 1. The lowest BCUT2D eigenvalue weighted by molar-refractivity contribution is -0.119. The van der Waals surface area contributed by atoms with Gasteiger partial charge in [0.25, 0.3) is 0 Å². The van der Waals surface area contributed by atoms with Gasteiger partial charge in [0, 0.05) is 18.8 Å². The third-order valence-electron chi connectivity index (χ3n) is 3.33. The number of hydrogen-bond acceptors (Lipinski definition) is 3. The molecule has 0 aromatic heterocycles. The summed E-state index contributed by atoms with van der Waals surface area (Å²) in [5.74, 6) is -0.335. The SMILES string of the molecule is CC(NCc1ccc(CNc2ccccc2)cc1)C(N)=O. The van der Waals surface area contributed by atoms with Gasteiger partial charge in [0.2, 0.25) is 5.91 Å². The lowest BCUT2D eigenvalue weighted by Crippen LogP contribution is -2.38. The molecule has 4 nitrogen and oxygen atoms in total. The van der Waals surface area contributed by atoms with Crippen molar-refractivity contribution in [3.8, 4) is 0 Å². The number of nitrogens with two attached hydrogens (primary N) is 1. The quantitative estimate of drug-likeness (QED) is 0.730. The van der Waals surface area contributed by atoms with E-state index >= 15 is 0 Å². The summed E-state index contributed by atoms with van der Waals surface area (Å²) >= 11 is 0. The summed E-state index contributed by atoms with van der Waals surface area (Å²) in [5.41, 5.74) is 8.66. The summed E-state index contributed by atoms with van der Waals surface area (Å²) in [5, 5.41) is 6.45. The third kappa shape index (κ3) is 4.93. The molecule has 0 aliphatic rings. The highest BCUT2D eigenvalue weighted by Crippen LogP contribution is 2.09. The van der Waals surface area contributed by atoms with E-state index in [2.05, 4.69) is 34.9 Å². The highest BCUT2D eigenvalue weighted by molar-refractivity contribution is 5.79. The Hall–Kier alpha value is -2.33. The van der Waals surface area contributed by atoms with Crippen LogP contribution in [0.25, 0.3) is 0 Å². The number of carbonyl (C=O) groups excluding carboxylic acids is 1. The molecular formula is C17H21N3O. The van der Waals surface area contributed by atoms with Crippen molar-refractivity contribution in [3.63, 3.8) is 0 Å². The summed E-state index contributed by atoms with van der Waals surface area (Å²) in [6.07, 6.45) is 0. The molecule has 2 aromatic carbocycles. The molecule has 0 bridgehead atoms. The smallest absolute Gasteiger partial charge is 0.234 e. The Labute approximate surface area is 125 Å². The Balaban J connectivity index is 1.83. The van der Waals surface area contributed by atoms with Gasteiger partial charge in [-0.2, -0.15) is 0 Å². The molecule has 0 fully saturated rings. The number of hydrogen-bond donors (Lipinski definition) is 3. The van der Waals surface area contributed by atoms with E-state index in [1.54, 1.807) is 6.92 Å². The van der Waals surface area contributed by atoms with Crippen LogP contribution in [-0.2, 0) is 17.9 Å². The van der Waals surface area contributed by atoms with Crippen LogP contribution in [0.5, 0.6) is 0 Å². The second-order valence-electron chi connectivity index (χ2n) is 5.04. The van der Waals surface area contributed by atoms with Crippen molar-refractivity contribution in [2.45, 2.75) is 26.1 Å². The van der Waals surface area contributed by atoms with E-state index in [0.29, 0.717) is 6.54 Å². The molecule has 4 N–H and O–H groups in total. The maximum atomic E-state index is 10.9. The van der Waals surface area contributed by atoms with Gasteiger partial charge in [0.1, 0.15) is 0 Å². The number of anilines is 1. The van der Waals surface area contributed by atoms with E-state index in [1.165, 1.54) is 5.56 Å². The molecule has 2 rings (SSSR count). The van der Waals surface area contributed by atoms with Crippen LogP contribution in [-0.4, -0.2) is 11.9 Å². The van der Waals surface area contributed by atoms with E-state index in [1.807, 2.05) is 30.3 Å². The minimum atomic E-state index is -0.335. The first-order chi connectivity index (χ1) is 10.1. The van der Waals surface area contributed by atoms with E-state index in [9.17, 15) is 4.79 Å². The molecule has 1 amide bonds. The Morgan fingerprint density at radius 1 is 1.00 bits per heavy atom. The Morgan fingerprint density at radius 2 is 1.57 bits per heavy atom. The molecule has 0 saturated carbocycles. The number of amides is 1. The van der Waals surface area contributed by atoms with E-state index in [-0.39, 0.29) is 11.9 Å². The minimum absolute atomic E-state index is 0.315. The van der Waals surface area contributed by atoms with Crippen molar-refractivity contribution in [1.82, 2.24) is 5.32 Å². The fraction of sp³-hybridized carbons (Fsp3) is 0.235. The molecule has 0 spiro atoms. The van der Waals surface area contributed by atoms with E-state index in [4.69, 9.17) is 5.73 Å². The molecule has 1 atom stereocenters. The molecule has 0 aliphatic carbocycles. The van der Waals surface area contributed by atoms with Gasteiger partial charge in [0.05, 0.1) is 6.04 Å². The lowest BCUT2D eigenvalue weighted by atomic mass is 10.1. The van der Waals surface area contributed by atoms with Crippen LogP contribution >= 0.6 is 0 Å². The van der Waals surface area contributed by atoms with Crippen molar-refractivity contribution in [2.24, 2.45) is 5.73 Å². The average molecular weight is 283 g/mol. The Kier molecular flexibility index (Phi) is 5.35. The van der Waals surface area contributed by atoms with Gasteiger partial charge in [0.15, 0.2) is 0 Å². The highest BCUT2D eigenvalue weighted by atomic mass is 16.1. The van der Waals surface area contributed by atoms with Crippen LogP contribution in [0.3, 0.4) is 0 Å². The molecular weight excluding hydrogens is 262 g/mol. The van der Waals surface area contributed by atoms with Crippen LogP contribution in [0.1, 0.15) is 18.1 Å². The van der Waals surface area contributed by atoms with Gasteiger partial charge < -0.3 is 16.4 Å². The summed E-state index contributed by atoms with van der Waals surface area (Å²) in [4.78, 5) is 10.9. The van der Waals surface area contributed by atoms with Crippen LogP contribution in [0.2, 0.25) is 0 Å². The molecule has 110 valence electrons. The van der Waals surface area contributed by atoms with Crippen molar-refractivity contribution in [1.29, 1.82) is 0 Å². The van der Waals surface area contributed by atoms with E-state index in [0.717, 1.165) is 17.8 Å². The molecule has 1 unspecified atom stereocenters. The summed E-state index contributed by atoms with van der Waals surface area (Å²) in [6, 6.07) is 18.1. The highest BCUT2D eigenvalue weighted by Gasteiger charge is 2.06. The first-order valence-electron chi connectivity index (χ1n) is 7.04. The first kappa shape index (κ1) is 15.1. The standard InChI is InChI=1S/C17H21N3O/c1-13(17(18)21)19-11-14-7-9-15(10-8-14)12-20-16-5-3-2-4-6-16/h2-10,13,19-20H,11-12H2,1H3,(H2,18,21). The summed E-state index contributed by atoms with van der Waals surface area (Å²) < 4.78 is 0. The molecule has 21 heavy (non-hydrogen) atoms. The fourth-order valence-electron chi connectivity index (χ4n) is 1.91. The molecule has 0 aliphatic heterocycles. The number of para-hydroxylation sites is 1. The van der Waals surface area contributed by atoms with Gasteiger partial charge in [-0.25, -0.2) is 0 Å². The second-order valence-corrected chi connectivity index (χ2v) is 5.04. The third-order valence-corrected chi connectivity index (χ3v) is 3.33. The predicted octanol–water partition coefficient (Wildman–Crippen LogP) is 2.26. The second kappa shape index (κ2) is 7.45. The maximum Gasteiger partial charge on any atom is 0.234 e. The average Bonchev–Trinajstić information content (AvgIpc) is 2.52. The lowest BCUT2D eigenvalue weighted by Gasteiger charge is -2.11. The van der Waals surface area contributed by atoms with Crippen LogP contribution in [0.15, 0.2) is 54.6 Å².